The summed E-state index contributed by atoms with van der Waals surface area (Å²) in [5, 5.41) is 1.04. The van der Waals surface area contributed by atoms with Gasteiger partial charge in [-0.3, -0.25) is 4.79 Å². The van der Waals surface area contributed by atoms with Gasteiger partial charge in [0.25, 0.3) is 5.91 Å². The minimum atomic E-state index is 0.138. The number of rotatable bonds is 2. The van der Waals surface area contributed by atoms with E-state index in [4.69, 9.17) is 0 Å². The summed E-state index contributed by atoms with van der Waals surface area (Å²) in [6.45, 7) is 9.73. The minimum absolute atomic E-state index is 0.138. The summed E-state index contributed by atoms with van der Waals surface area (Å²) in [7, 11) is 4.17. The van der Waals surface area contributed by atoms with Crippen LogP contribution in [0.4, 0.5) is 0 Å². The summed E-state index contributed by atoms with van der Waals surface area (Å²) in [5.74, 6) is 1.39. The second-order valence-electron chi connectivity index (χ2n) is 6.81. The van der Waals surface area contributed by atoms with Crippen molar-refractivity contribution in [3.05, 3.63) is 22.0 Å². The van der Waals surface area contributed by atoms with Gasteiger partial charge in [-0.05, 0) is 46.3 Å². The molecule has 5 nitrogen and oxygen atoms in total. The Hall–Kier alpha value is -1.53. The molecule has 1 saturated heterocycles. The van der Waals surface area contributed by atoms with E-state index in [1.165, 1.54) is 11.3 Å². The monoisotopic (exact) mass is 332 g/mol. The van der Waals surface area contributed by atoms with E-state index in [1.54, 1.807) is 0 Å². The van der Waals surface area contributed by atoms with E-state index in [9.17, 15) is 4.79 Å². The Morgan fingerprint density at radius 2 is 1.91 bits per heavy atom. The number of hydrogen-bond acceptors (Lipinski definition) is 5. The van der Waals surface area contributed by atoms with Gasteiger partial charge in [-0.25, -0.2) is 9.97 Å². The number of aryl methyl sites for hydroxylation is 3. The third-order valence-corrected chi connectivity index (χ3v) is 5.97. The highest BCUT2D eigenvalue weighted by Crippen LogP contribution is 2.33. The maximum atomic E-state index is 13.0. The molecule has 1 aliphatic rings. The number of fused-ring (bicyclic) bond motifs is 1. The van der Waals surface area contributed by atoms with Gasteiger partial charge in [0.05, 0.1) is 4.88 Å². The lowest BCUT2D eigenvalue weighted by Gasteiger charge is -2.22. The second-order valence-corrected chi connectivity index (χ2v) is 7.81. The van der Waals surface area contributed by atoms with Crippen molar-refractivity contribution in [3.63, 3.8) is 0 Å². The maximum absolute atomic E-state index is 13.0. The predicted molar refractivity (Wildman–Crippen MR) is 94.2 cm³/mol. The molecule has 3 heterocycles. The third-order valence-electron chi connectivity index (χ3n) is 4.80. The van der Waals surface area contributed by atoms with E-state index < -0.39 is 0 Å². The highest BCUT2D eigenvalue weighted by molar-refractivity contribution is 7.20. The Kier molecular flexibility index (Phi) is 4.14. The molecular formula is C17H24N4OS. The lowest BCUT2D eigenvalue weighted by molar-refractivity contribution is 0.0785. The van der Waals surface area contributed by atoms with Crippen molar-refractivity contribution in [2.24, 2.45) is 5.92 Å². The first-order valence-electron chi connectivity index (χ1n) is 7.99. The smallest absolute Gasteiger partial charge is 0.264 e. The third kappa shape index (κ3) is 2.74. The van der Waals surface area contributed by atoms with Gasteiger partial charge < -0.3 is 9.80 Å². The van der Waals surface area contributed by atoms with Gasteiger partial charge in [-0.1, -0.05) is 6.92 Å². The van der Waals surface area contributed by atoms with Crippen molar-refractivity contribution < 1.29 is 4.79 Å². The number of likely N-dealkylation sites (N-methyl/N-ethyl adjacent to an activating group) is 1. The van der Waals surface area contributed by atoms with Gasteiger partial charge in [0.2, 0.25) is 0 Å². The first-order chi connectivity index (χ1) is 10.8. The molecule has 0 radical (unpaired) electrons. The van der Waals surface area contributed by atoms with Crippen molar-refractivity contribution in [1.29, 1.82) is 0 Å². The van der Waals surface area contributed by atoms with Crippen molar-refractivity contribution >= 4 is 27.5 Å². The molecule has 0 unspecified atom stereocenters. The van der Waals surface area contributed by atoms with Crippen molar-refractivity contribution in [2.75, 3.05) is 27.2 Å². The number of aromatic nitrogens is 2. The van der Waals surface area contributed by atoms with Crippen LogP contribution in [-0.2, 0) is 0 Å². The minimum Gasteiger partial charge on any atom is -0.336 e. The van der Waals surface area contributed by atoms with Crippen LogP contribution in [0, 0.1) is 26.7 Å². The molecule has 0 aromatic carbocycles. The van der Waals surface area contributed by atoms with Crippen LogP contribution in [-0.4, -0.2) is 58.9 Å². The summed E-state index contributed by atoms with van der Waals surface area (Å²) in [5.41, 5.74) is 1.98. The van der Waals surface area contributed by atoms with Gasteiger partial charge in [0.1, 0.15) is 10.7 Å². The van der Waals surface area contributed by atoms with Crippen LogP contribution in [0.25, 0.3) is 10.2 Å². The fourth-order valence-corrected chi connectivity index (χ4v) is 4.85. The van der Waals surface area contributed by atoms with Gasteiger partial charge in [-0.2, -0.15) is 0 Å². The molecule has 0 N–H and O–H groups in total. The standard InChI is InChI=1S/C17H24N4OS/c1-9-7-21(8-13(9)20(5)6)17(22)15-10(2)14-11(3)18-12(4)19-16(14)23-15/h9,13H,7-8H2,1-6H3/t9-,13+/m0/s1. The molecule has 2 atom stereocenters. The van der Waals surface area contributed by atoms with Gasteiger partial charge in [0, 0.05) is 30.2 Å². The summed E-state index contributed by atoms with van der Waals surface area (Å²) in [6.07, 6.45) is 0. The second kappa shape index (κ2) is 5.83. The average molecular weight is 332 g/mol. The molecule has 0 bridgehead atoms. The van der Waals surface area contributed by atoms with Crippen LogP contribution in [0.2, 0.25) is 0 Å². The number of amides is 1. The lowest BCUT2D eigenvalue weighted by Crippen LogP contribution is -2.35. The Labute approximate surface area is 141 Å². The van der Waals surface area contributed by atoms with E-state index in [1.807, 2.05) is 25.7 Å². The first-order valence-corrected chi connectivity index (χ1v) is 8.81. The van der Waals surface area contributed by atoms with Gasteiger partial charge >= 0.3 is 0 Å². The number of likely N-dealkylation sites (tertiary alicyclic amines) is 1. The van der Waals surface area contributed by atoms with E-state index in [-0.39, 0.29) is 5.91 Å². The van der Waals surface area contributed by atoms with Gasteiger partial charge in [-0.15, -0.1) is 11.3 Å². The van der Waals surface area contributed by atoms with Crippen molar-refractivity contribution in [2.45, 2.75) is 33.7 Å². The number of carbonyl (C=O) groups excluding carboxylic acids is 1. The van der Waals surface area contributed by atoms with Crippen LogP contribution in [0.5, 0.6) is 0 Å². The Morgan fingerprint density at radius 1 is 1.22 bits per heavy atom. The van der Waals surface area contributed by atoms with E-state index in [0.29, 0.717) is 12.0 Å². The van der Waals surface area contributed by atoms with E-state index >= 15 is 0 Å². The van der Waals surface area contributed by atoms with Crippen molar-refractivity contribution in [1.82, 2.24) is 19.8 Å². The summed E-state index contributed by atoms with van der Waals surface area (Å²) >= 11 is 1.50. The highest BCUT2D eigenvalue weighted by atomic mass is 32.1. The zero-order valence-corrected chi connectivity index (χ0v) is 15.5. The molecule has 2 aromatic rings. The quantitative estimate of drug-likeness (QED) is 0.848. The zero-order chi connectivity index (χ0) is 16.9. The van der Waals surface area contributed by atoms with Crippen LogP contribution >= 0.6 is 11.3 Å². The fourth-order valence-electron chi connectivity index (χ4n) is 3.61. The summed E-state index contributed by atoms with van der Waals surface area (Å²) < 4.78 is 0. The van der Waals surface area contributed by atoms with Crippen LogP contribution in [0.15, 0.2) is 0 Å². The predicted octanol–water partition coefficient (Wildman–Crippen LogP) is 2.64. The fraction of sp³-hybridized carbons (Fsp3) is 0.588. The van der Waals surface area contributed by atoms with Crippen LogP contribution in [0.1, 0.15) is 33.7 Å². The molecule has 1 aliphatic heterocycles. The Bertz CT molecular complexity index is 768. The summed E-state index contributed by atoms with van der Waals surface area (Å²) in [4.78, 5) is 27.9. The Morgan fingerprint density at radius 3 is 2.52 bits per heavy atom. The lowest BCUT2D eigenvalue weighted by atomic mass is 10.1. The van der Waals surface area contributed by atoms with Crippen LogP contribution < -0.4 is 0 Å². The van der Waals surface area contributed by atoms with Crippen LogP contribution in [0.3, 0.4) is 0 Å². The molecule has 23 heavy (non-hydrogen) atoms. The largest absolute Gasteiger partial charge is 0.336 e. The molecular weight excluding hydrogens is 308 g/mol. The Balaban J connectivity index is 1.96. The zero-order valence-electron chi connectivity index (χ0n) is 14.7. The molecule has 124 valence electrons. The molecule has 0 spiro atoms. The number of carbonyl (C=O) groups is 1. The normalized spacial score (nSPS) is 21.6. The average Bonchev–Trinajstić information content (AvgIpc) is 2.99. The first kappa shape index (κ1) is 16.3. The number of hydrogen-bond donors (Lipinski definition) is 0. The molecule has 1 fully saturated rings. The van der Waals surface area contributed by atoms with E-state index in [2.05, 4.69) is 35.9 Å². The molecule has 6 heteroatoms. The molecule has 3 rings (SSSR count). The SMILES string of the molecule is Cc1nc(C)c2c(C)c(C(=O)N3C[C@@H](N(C)C)[C@@H](C)C3)sc2n1. The van der Waals surface area contributed by atoms with E-state index in [0.717, 1.165) is 45.3 Å². The topological polar surface area (TPSA) is 49.3 Å². The molecule has 0 saturated carbocycles. The molecule has 1 amide bonds. The number of thiophene rings is 1. The van der Waals surface area contributed by atoms with Gasteiger partial charge in [0.15, 0.2) is 0 Å². The van der Waals surface area contributed by atoms with Crippen molar-refractivity contribution in [3.8, 4) is 0 Å². The highest BCUT2D eigenvalue weighted by Gasteiger charge is 2.35. The maximum Gasteiger partial charge on any atom is 0.264 e. The molecule has 0 aliphatic carbocycles. The molecule has 2 aromatic heterocycles. The number of nitrogens with zero attached hydrogens (tertiary/aromatic N) is 4. The summed E-state index contributed by atoms with van der Waals surface area (Å²) in [6, 6.07) is 0.428.